The normalized spacial score (nSPS) is 21.2. The number of rotatable bonds is 3. The van der Waals surface area contributed by atoms with Gasteiger partial charge in [0, 0.05) is 45.8 Å². The number of hydrogen-bond acceptors (Lipinski definition) is 3. The van der Waals surface area contributed by atoms with Crippen LogP contribution in [0.5, 0.6) is 0 Å². The summed E-state index contributed by atoms with van der Waals surface area (Å²) in [7, 11) is 0. The summed E-state index contributed by atoms with van der Waals surface area (Å²) in [6.07, 6.45) is 1.25. The fraction of sp³-hybridized carbons (Fsp3) is 1.00. The van der Waals surface area contributed by atoms with Crippen LogP contribution in [0, 0.1) is 5.92 Å². The predicted molar refractivity (Wildman–Crippen MR) is 82.2 cm³/mol. The van der Waals surface area contributed by atoms with Crippen molar-refractivity contribution >= 4 is 0 Å². The number of nitrogens with one attached hydrogen (secondary N) is 1. The Kier molecular flexibility index (Phi) is 11.9. The van der Waals surface area contributed by atoms with Crippen LogP contribution >= 0.6 is 0 Å². The largest absolute Gasteiger partial charge is 0.316 e. The van der Waals surface area contributed by atoms with E-state index >= 15 is 0 Å². The van der Waals surface area contributed by atoms with E-state index in [1.54, 1.807) is 0 Å². The molecule has 0 atom stereocenters. The molecule has 3 nitrogen and oxygen atoms in total. The summed E-state index contributed by atoms with van der Waals surface area (Å²) in [6.45, 7) is 20.7. The van der Waals surface area contributed by atoms with Gasteiger partial charge in [0.25, 0.3) is 0 Å². The number of piperazine rings is 1. The SMILES string of the molecule is CC.CCC.CCN1CCN(CC2CNC2)CC1. The van der Waals surface area contributed by atoms with Crippen molar-refractivity contribution in [2.45, 2.75) is 41.0 Å². The predicted octanol–water partition coefficient (Wildman–Crippen LogP) is 2.29. The van der Waals surface area contributed by atoms with Crippen LogP contribution in [0.25, 0.3) is 0 Å². The van der Waals surface area contributed by atoms with Crippen LogP contribution in [-0.4, -0.2) is 62.2 Å². The lowest BCUT2D eigenvalue weighted by Gasteiger charge is -2.38. The van der Waals surface area contributed by atoms with Gasteiger partial charge in [-0.25, -0.2) is 0 Å². The zero-order valence-electron chi connectivity index (χ0n) is 13.3. The van der Waals surface area contributed by atoms with Gasteiger partial charge in [-0.1, -0.05) is 41.0 Å². The van der Waals surface area contributed by atoms with Crippen LogP contribution in [0.15, 0.2) is 0 Å². The molecular weight excluding hydrogens is 222 g/mol. The highest BCUT2D eigenvalue weighted by molar-refractivity contribution is 4.80. The van der Waals surface area contributed by atoms with Crippen molar-refractivity contribution in [1.29, 1.82) is 0 Å². The lowest BCUT2D eigenvalue weighted by Crippen LogP contribution is -2.53. The van der Waals surface area contributed by atoms with Crippen LogP contribution in [0.2, 0.25) is 0 Å². The van der Waals surface area contributed by atoms with E-state index in [1.807, 2.05) is 13.8 Å². The van der Waals surface area contributed by atoms with Crippen molar-refractivity contribution in [3.8, 4) is 0 Å². The maximum atomic E-state index is 3.33. The van der Waals surface area contributed by atoms with Gasteiger partial charge in [0.05, 0.1) is 0 Å². The summed E-state index contributed by atoms with van der Waals surface area (Å²) in [5.74, 6) is 0.938. The molecule has 3 heteroatoms. The third-order valence-corrected chi connectivity index (χ3v) is 3.29. The summed E-state index contributed by atoms with van der Waals surface area (Å²) in [6, 6.07) is 0. The van der Waals surface area contributed by atoms with E-state index in [-0.39, 0.29) is 0 Å². The third kappa shape index (κ3) is 7.34. The van der Waals surface area contributed by atoms with Crippen molar-refractivity contribution in [3.05, 3.63) is 0 Å². The van der Waals surface area contributed by atoms with Crippen molar-refractivity contribution in [3.63, 3.8) is 0 Å². The van der Waals surface area contributed by atoms with Gasteiger partial charge in [-0.05, 0) is 12.5 Å². The van der Waals surface area contributed by atoms with E-state index in [1.165, 1.54) is 58.8 Å². The summed E-state index contributed by atoms with van der Waals surface area (Å²) in [5.41, 5.74) is 0. The van der Waals surface area contributed by atoms with E-state index < -0.39 is 0 Å². The first kappa shape index (κ1) is 17.9. The second-order valence-corrected chi connectivity index (χ2v) is 4.97. The summed E-state index contributed by atoms with van der Waals surface area (Å²) in [4.78, 5) is 5.16. The van der Waals surface area contributed by atoms with Gasteiger partial charge < -0.3 is 15.1 Å². The molecule has 0 aliphatic carbocycles. The van der Waals surface area contributed by atoms with Crippen molar-refractivity contribution in [2.24, 2.45) is 5.92 Å². The topological polar surface area (TPSA) is 18.5 Å². The van der Waals surface area contributed by atoms with E-state index in [9.17, 15) is 0 Å². The zero-order valence-corrected chi connectivity index (χ0v) is 13.3. The molecule has 110 valence electrons. The van der Waals surface area contributed by atoms with E-state index in [2.05, 4.69) is 35.9 Å². The summed E-state index contributed by atoms with van der Waals surface area (Å²) >= 11 is 0. The van der Waals surface area contributed by atoms with Gasteiger partial charge in [0.1, 0.15) is 0 Å². The minimum atomic E-state index is 0.938. The molecule has 0 radical (unpaired) electrons. The number of likely N-dealkylation sites (N-methyl/N-ethyl adjacent to an activating group) is 1. The average Bonchev–Trinajstić information content (AvgIpc) is 2.38. The Morgan fingerprint density at radius 3 is 1.67 bits per heavy atom. The molecule has 1 N–H and O–H groups in total. The number of hydrogen-bond donors (Lipinski definition) is 1. The maximum Gasteiger partial charge on any atom is 0.0110 e. The first-order valence-corrected chi connectivity index (χ1v) is 7.95. The van der Waals surface area contributed by atoms with Crippen LogP contribution in [-0.2, 0) is 0 Å². The fourth-order valence-electron chi connectivity index (χ4n) is 2.13. The molecule has 0 spiro atoms. The third-order valence-electron chi connectivity index (χ3n) is 3.29. The molecule has 2 aliphatic heterocycles. The van der Waals surface area contributed by atoms with Crippen molar-refractivity contribution in [1.82, 2.24) is 15.1 Å². The Morgan fingerprint density at radius 1 is 0.889 bits per heavy atom. The van der Waals surface area contributed by atoms with Crippen molar-refractivity contribution in [2.75, 3.05) is 52.4 Å². The van der Waals surface area contributed by atoms with Crippen molar-refractivity contribution < 1.29 is 0 Å². The molecule has 0 bridgehead atoms. The highest BCUT2D eigenvalue weighted by Crippen LogP contribution is 2.08. The summed E-state index contributed by atoms with van der Waals surface area (Å²) < 4.78 is 0. The lowest BCUT2D eigenvalue weighted by molar-refractivity contribution is 0.110. The second-order valence-electron chi connectivity index (χ2n) is 4.97. The molecular formula is C15H35N3. The van der Waals surface area contributed by atoms with Gasteiger partial charge in [-0.2, -0.15) is 0 Å². The number of nitrogens with zero attached hydrogens (tertiary/aromatic N) is 2. The first-order chi connectivity index (χ1) is 8.80. The fourth-order valence-corrected chi connectivity index (χ4v) is 2.13. The molecule has 2 aliphatic rings. The van der Waals surface area contributed by atoms with Gasteiger partial charge >= 0.3 is 0 Å². The van der Waals surface area contributed by atoms with Crippen LogP contribution in [0.3, 0.4) is 0 Å². The molecule has 2 heterocycles. The van der Waals surface area contributed by atoms with Gasteiger partial charge in [-0.3, -0.25) is 0 Å². The highest BCUT2D eigenvalue weighted by atomic mass is 15.3. The van der Waals surface area contributed by atoms with Crippen LogP contribution < -0.4 is 5.32 Å². The van der Waals surface area contributed by atoms with Gasteiger partial charge in [-0.15, -0.1) is 0 Å². The Labute approximate surface area is 115 Å². The molecule has 2 saturated heterocycles. The molecule has 0 unspecified atom stereocenters. The molecule has 0 aromatic carbocycles. The molecule has 0 aromatic rings. The monoisotopic (exact) mass is 257 g/mol. The molecule has 2 fully saturated rings. The zero-order chi connectivity index (χ0) is 13.8. The maximum absolute atomic E-state index is 3.33. The van der Waals surface area contributed by atoms with E-state index in [0.717, 1.165) is 5.92 Å². The average molecular weight is 257 g/mol. The Balaban J connectivity index is 0.000000509. The molecule has 0 amide bonds. The van der Waals surface area contributed by atoms with Gasteiger partial charge in [0.15, 0.2) is 0 Å². The molecule has 2 rings (SSSR count). The second kappa shape index (κ2) is 11.9. The van der Waals surface area contributed by atoms with E-state index in [0.29, 0.717) is 0 Å². The van der Waals surface area contributed by atoms with Crippen LogP contribution in [0.4, 0.5) is 0 Å². The lowest BCUT2D eigenvalue weighted by atomic mass is 10.0. The highest BCUT2D eigenvalue weighted by Gasteiger charge is 2.22. The Morgan fingerprint density at radius 2 is 1.33 bits per heavy atom. The quantitative estimate of drug-likeness (QED) is 0.837. The standard InChI is InChI=1S/C10H21N3.C3H8.C2H6/c1-2-12-3-5-13(6-4-12)9-10-7-11-8-10;1-3-2;1-2/h10-11H,2-9H2,1H3;3H2,1-2H3;1-2H3. The van der Waals surface area contributed by atoms with Gasteiger partial charge in [0.2, 0.25) is 0 Å². The molecule has 18 heavy (non-hydrogen) atoms. The Hall–Kier alpha value is -0.120. The minimum Gasteiger partial charge on any atom is -0.316 e. The minimum absolute atomic E-state index is 0.938. The Bertz CT molecular complexity index is 161. The van der Waals surface area contributed by atoms with Crippen LogP contribution in [0.1, 0.15) is 41.0 Å². The van der Waals surface area contributed by atoms with E-state index in [4.69, 9.17) is 0 Å². The first-order valence-electron chi connectivity index (χ1n) is 7.95. The molecule has 0 saturated carbocycles. The smallest absolute Gasteiger partial charge is 0.0110 e. The summed E-state index contributed by atoms with van der Waals surface area (Å²) in [5, 5.41) is 3.33. The molecule has 0 aromatic heterocycles.